The number of hydrogen-bond acceptors (Lipinski definition) is 3. The maximum atomic E-state index is 12.0. The number of carbonyl (C=O) groups is 1. The zero-order chi connectivity index (χ0) is 15.6. The molecule has 0 bridgehead atoms. The highest BCUT2D eigenvalue weighted by Crippen LogP contribution is 2.40. The van der Waals surface area contributed by atoms with Crippen LogP contribution in [0.25, 0.3) is 0 Å². The van der Waals surface area contributed by atoms with Crippen molar-refractivity contribution in [2.24, 2.45) is 0 Å². The number of rotatable bonds is 4. The third kappa shape index (κ3) is 4.07. The zero-order valence-electron chi connectivity index (χ0n) is 13.0. The molecular formula is C15H23ClO3Si. The van der Waals surface area contributed by atoms with E-state index in [1.807, 2.05) is 0 Å². The van der Waals surface area contributed by atoms with Crippen molar-refractivity contribution in [2.75, 3.05) is 7.11 Å². The van der Waals surface area contributed by atoms with Crippen LogP contribution in [0, 0.1) is 0 Å². The standard InChI is InChI=1S/C15H23ClO3Si/c1-15(2,3)20(5,6)19-13(14(17)18-4)11-7-9-12(16)10-8-11/h7-10,13H,1-6H3. The molecule has 0 radical (unpaired) electrons. The molecule has 0 aliphatic rings. The molecule has 0 aromatic heterocycles. The van der Waals surface area contributed by atoms with Gasteiger partial charge in [-0.3, -0.25) is 0 Å². The van der Waals surface area contributed by atoms with Crippen LogP contribution in [-0.2, 0) is 14.0 Å². The van der Waals surface area contributed by atoms with E-state index in [0.717, 1.165) is 5.56 Å². The van der Waals surface area contributed by atoms with Crippen molar-refractivity contribution < 1.29 is 14.0 Å². The second kappa shape index (κ2) is 6.29. The molecular weight excluding hydrogens is 292 g/mol. The van der Waals surface area contributed by atoms with E-state index in [1.54, 1.807) is 24.3 Å². The van der Waals surface area contributed by atoms with E-state index in [-0.39, 0.29) is 11.0 Å². The first kappa shape index (κ1) is 17.2. The molecule has 112 valence electrons. The highest BCUT2D eigenvalue weighted by Gasteiger charge is 2.41. The summed E-state index contributed by atoms with van der Waals surface area (Å²) in [5.41, 5.74) is 0.770. The largest absolute Gasteiger partial charge is 0.467 e. The smallest absolute Gasteiger partial charge is 0.338 e. The van der Waals surface area contributed by atoms with Gasteiger partial charge in [-0.1, -0.05) is 44.5 Å². The van der Waals surface area contributed by atoms with Crippen LogP contribution in [0.15, 0.2) is 24.3 Å². The Morgan fingerprint density at radius 2 is 1.70 bits per heavy atom. The summed E-state index contributed by atoms with van der Waals surface area (Å²) in [5, 5.41) is 0.649. The van der Waals surface area contributed by atoms with E-state index < -0.39 is 14.4 Å². The van der Waals surface area contributed by atoms with E-state index in [2.05, 4.69) is 33.9 Å². The third-order valence-electron chi connectivity index (χ3n) is 3.81. The van der Waals surface area contributed by atoms with Crippen LogP contribution in [0.1, 0.15) is 32.4 Å². The van der Waals surface area contributed by atoms with Crippen molar-refractivity contribution in [3.8, 4) is 0 Å². The minimum atomic E-state index is -2.08. The van der Waals surface area contributed by atoms with E-state index in [4.69, 9.17) is 20.8 Å². The lowest BCUT2D eigenvalue weighted by Crippen LogP contribution is -2.43. The molecule has 0 saturated heterocycles. The predicted octanol–water partition coefficient (Wildman–Crippen LogP) is 4.58. The molecule has 1 aromatic rings. The van der Waals surface area contributed by atoms with Crippen LogP contribution in [-0.4, -0.2) is 21.4 Å². The lowest BCUT2D eigenvalue weighted by Gasteiger charge is -2.38. The van der Waals surface area contributed by atoms with Gasteiger partial charge in [0.1, 0.15) is 0 Å². The molecule has 0 fully saturated rings. The Hall–Kier alpha value is -0.843. The molecule has 1 aromatic carbocycles. The lowest BCUT2D eigenvalue weighted by atomic mass is 10.1. The Morgan fingerprint density at radius 1 is 1.20 bits per heavy atom. The minimum absolute atomic E-state index is 0.0195. The van der Waals surface area contributed by atoms with Crippen molar-refractivity contribution in [3.05, 3.63) is 34.9 Å². The Balaban J connectivity index is 3.09. The minimum Gasteiger partial charge on any atom is -0.467 e. The topological polar surface area (TPSA) is 35.5 Å². The van der Waals surface area contributed by atoms with Gasteiger partial charge in [0.05, 0.1) is 7.11 Å². The van der Waals surface area contributed by atoms with Gasteiger partial charge in [0.2, 0.25) is 0 Å². The van der Waals surface area contributed by atoms with Gasteiger partial charge in [0.15, 0.2) is 14.4 Å². The normalized spacial score (nSPS) is 13.9. The van der Waals surface area contributed by atoms with Gasteiger partial charge in [-0.05, 0) is 35.8 Å². The number of methoxy groups -OCH3 is 1. The van der Waals surface area contributed by atoms with Gasteiger partial charge in [-0.15, -0.1) is 0 Å². The summed E-state index contributed by atoms with van der Waals surface area (Å²) in [5.74, 6) is -0.378. The van der Waals surface area contributed by atoms with Crippen LogP contribution in [0.3, 0.4) is 0 Å². The average molecular weight is 315 g/mol. The van der Waals surface area contributed by atoms with Crippen LogP contribution >= 0.6 is 11.6 Å². The average Bonchev–Trinajstić information content (AvgIpc) is 2.35. The van der Waals surface area contributed by atoms with Gasteiger partial charge in [0.25, 0.3) is 0 Å². The Bertz CT molecular complexity index is 463. The summed E-state index contributed by atoms with van der Waals surface area (Å²) in [7, 11) is -0.702. The first-order chi connectivity index (χ1) is 9.08. The van der Waals surface area contributed by atoms with E-state index in [1.165, 1.54) is 7.11 Å². The van der Waals surface area contributed by atoms with Crippen LogP contribution in [0.4, 0.5) is 0 Å². The molecule has 0 aliphatic heterocycles. The van der Waals surface area contributed by atoms with Gasteiger partial charge >= 0.3 is 5.97 Å². The maximum absolute atomic E-state index is 12.0. The SMILES string of the molecule is COC(=O)C(O[Si](C)(C)C(C)(C)C)c1ccc(Cl)cc1. The fraction of sp³-hybridized carbons (Fsp3) is 0.533. The predicted molar refractivity (Wildman–Crippen MR) is 84.5 cm³/mol. The van der Waals surface area contributed by atoms with Crippen molar-refractivity contribution in [3.63, 3.8) is 0 Å². The van der Waals surface area contributed by atoms with E-state index in [0.29, 0.717) is 5.02 Å². The van der Waals surface area contributed by atoms with Gasteiger partial charge < -0.3 is 9.16 Å². The molecule has 1 atom stereocenters. The molecule has 20 heavy (non-hydrogen) atoms. The van der Waals surface area contributed by atoms with Crippen LogP contribution in [0.2, 0.25) is 23.2 Å². The summed E-state index contributed by atoms with van der Waals surface area (Å²) < 4.78 is 11.1. The van der Waals surface area contributed by atoms with Crippen molar-refractivity contribution in [1.82, 2.24) is 0 Å². The van der Waals surface area contributed by atoms with E-state index >= 15 is 0 Å². The highest BCUT2D eigenvalue weighted by atomic mass is 35.5. The first-order valence-corrected chi connectivity index (χ1v) is 9.88. The Morgan fingerprint density at radius 3 is 2.10 bits per heavy atom. The van der Waals surface area contributed by atoms with Crippen molar-refractivity contribution >= 4 is 25.9 Å². The Labute approximate surface area is 127 Å². The second-order valence-corrected chi connectivity index (χ2v) is 11.5. The van der Waals surface area contributed by atoms with Gasteiger partial charge in [0, 0.05) is 5.02 Å². The number of hydrogen-bond donors (Lipinski definition) is 0. The lowest BCUT2D eigenvalue weighted by molar-refractivity contribution is -0.149. The zero-order valence-corrected chi connectivity index (χ0v) is 14.7. The molecule has 0 N–H and O–H groups in total. The molecule has 1 unspecified atom stereocenters. The second-order valence-electron chi connectivity index (χ2n) is 6.33. The molecule has 0 amide bonds. The number of esters is 1. The molecule has 5 heteroatoms. The fourth-order valence-corrected chi connectivity index (χ4v) is 2.77. The maximum Gasteiger partial charge on any atom is 0.338 e. The molecule has 0 spiro atoms. The number of benzene rings is 1. The fourth-order valence-electron chi connectivity index (χ4n) is 1.47. The summed E-state index contributed by atoms with van der Waals surface area (Å²) in [4.78, 5) is 12.0. The molecule has 0 heterocycles. The van der Waals surface area contributed by atoms with Crippen molar-refractivity contribution in [2.45, 2.75) is 45.0 Å². The summed E-state index contributed by atoms with van der Waals surface area (Å²) >= 11 is 5.89. The molecule has 0 saturated carbocycles. The Kier molecular flexibility index (Phi) is 5.41. The van der Waals surface area contributed by atoms with Crippen LogP contribution in [0.5, 0.6) is 0 Å². The van der Waals surface area contributed by atoms with Gasteiger partial charge in [-0.25, -0.2) is 4.79 Å². The molecule has 3 nitrogen and oxygen atoms in total. The molecule has 1 rings (SSSR count). The summed E-state index contributed by atoms with van der Waals surface area (Å²) in [6, 6.07) is 7.11. The quantitative estimate of drug-likeness (QED) is 0.603. The third-order valence-corrected chi connectivity index (χ3v) is 8.50. The monoisotopic (exact) mass is 314 g/mol. The number of carbonyl (C=O) groups excluding carboxylic acids is 1. The summed E-state index contributed by atoms with van der Waals surface area (Å²) in [6.07, 6.45) is -0.696. The molecule has 0 aliphatic carbocycles. The first-order valence-electron chi connectivity index (χ1n) is 6.59. The van der Waals surface area contributed by atoms with E-state index in [9.17, 15) is 4.79 Å². The number of ether oxygens (including phenoxy) is 1. The number of halogens is 1. The summed E-state index contributed by atoms with van der Waals surface area (Å²) in [6.45, 7) is 10.6. The van der Waals surface area contributed by atoms with Gasteiger partial charge in [-0.2, -0.15) is 0 Å². The van der Waals surface area contributed by atoms with Crippen molar-refractivity contribution in [1.29, 1.82) is 0 Å². The highest BCUT2D eigenvalue weighted by molar-refractivity contribution is 6.74. The van der Waals surface area contributed by atoms with Crippen LogP contribution < -0.4 is 0 Å².